The van der Waals surface area contributed by atoms with E-state index in [0.29, 0.717) is 24.9 Å². The fraction of sp³-hybridized carbons (Fsp3) is 0.706. The van der Waals surface area contributed by atoms with Crippen molar-refractivity contribution in [2.45, 2.75) is 131 Å². The van der Waals surface area contributed by atoms with Gasteiger partial charge in [0, 0.05) is 13.1 Å². The molecule has 2 N–H and O–H groups in total. The molecule has 0 heterocycles. The Morgan fingerprint density at radius 2 is 1.60 bits per heavy atom. The van der Waals surface area contributed by atoms with E-state index in [1.807, 2.05) is 45.9 Å². The van der Waals surface area contributed by atoms with Gasteiger partial charge < -0.3 is 25.0 Å². The molecule has 0 spiro atoms. The summed E-state index contributed by atoms with van der Waals surface area (Å²) < 4.78 is 10.5. The van der Waals surface area contributed by atoms with Crippen LogP contribution in [-0.2, 0) is 23.9 Å². The summed E-state index contributed by atoms with van der Waals surface area (Å²) in [4.78, 5) is 54.9. The second-order valence-corrected chi connectivity index (χ2v) is 12.3. The quantitative estimate of drug-likeness (QED) is 0.145. The van der Waals surface area contributed by atoms with Crippen molar-refractivity contribution in [1.29, 1.82) is 0 Å². The van der Waals surface area contributed by atoms with Crippen LogP contribution < -0.4 is 10.6 Å². The van der Waals surface area contributed by atoms with E-state index in [1.165, 1.54) is 0 Å². The number of ether oxygens (including phenoxy) is 2. The number of hydrogen-bond acceptors (Lipinski definition) is 6. The van der Waals surface area contributed by atoms with E-state index in [0.717, 1.165) is 43.2 Å². The number of benzene rings is 1. The van der Waals surface area contributed by atoms with Gasteiger partial charge in [-0.15, -0.1) is 0 Å². The number of amides is 3. The van der Waals surface area contributed by atoms with Gasteiger partial charge in [-0.3, -0.25) is 14.4 Å². The van der Waals surface area contributed by atoms with Gasteiger partial charge in [-0.05, 0) is 70.6 Å². The third kappa shape index (κ3) is 13.4. The number of alkyl carbamates (subject to hydrolysis) is 1. The lowest BCUT2D eigenvalue weighted by Gasteiger charge is -2.36. The molecule has 244 valence electrons. The maximum absolute atomic E-state index is 14.5. The zero-order chi connectivity index (χ0) is 32.6. The lowest BCUT2D eigenvalue weighted by molar-refractivity contribution is -0.145. The highest BCUT2D eigenvalue weighted by Gasteiger charge is 2.38. The number of carbonyl (C=O) groups excluding carboxylic acids is 4. The van der Waals surface area contributed by atoms with Gasteiger partial charge >= 0.3 is 12.1 Å². The minimum atomic E-state index is -0.947. The van der Waals surface area contributed by atoms with Gasteiger partial charge in [-0.25, -0.2) is 4.79 Å². The van der Waals surface area contributed by atoms with Crippen LogP contribution in [0.5, 0.6) is 0 Å². The number of hydrogen-bond donors (Lipinski definition) is 2. The van der Waals surface area contributed by atoms with E-state index in [-0.39, 0.29) is 37.3 Å². The molecule has 0 bridgehead atoms. The molecule has 0 aromatic heterocycles. The monoisotopic (exact) mass is 603 g/mol. The molecule has 1 aromatic carbocycles. The molecule has 9 heteroatoms. The number of rotatable bonds is 18. The molecule has 0 aliphatic carbocycles. The van der Waals surface area contributed by atoms with Crippen LogP contribution in [0.4, 0.5) is 4.79 Å². The molecule has 3 amide bonds. The second-order valence-electron chi connectivity index (χ2n) is 12.3. The van der Waals surface area contributed by atoms with Crippen molar-refractivity contribution in [3.05, 3.63) is 34.9 Å². The molecular formula is C34H57N3O6. The number of nitrogens with one attached hydrogen (secondary N) is 2. The Bertz CT molecular complexity index is 1040. The minimum absolute atomic E-state index is 0.0279. The molecule has 1 rings (SSSR count). The van der Waals surface area contributed by atoms with E-state index in [2.05, 4.69) is 17.6 Å². The number of aryl methyl sites for hydroxylation is 1. The second kappa shape index (κ2) is 19.2. The maximum atomic E-state index is 14.5. The van der Waals surface area contributed by atoms with E-state index in [4.69, 9.17) is 9.47 Å². The Balaban J connectivity index is 3.53. The van der Waals surface area contributed by atoms with Gasteiger partial charge in [0.2, 0.25) is 11.8 Å². The fourth-order valence-corrected chi connectivity index (χ4v) is 4.86. The topological polar surface area (TPSA) is 114 Å². The summed E-state index contributed by atoms with van der Waals surface area (Å²) in [6.07, 6.45) is 6.08. The predicted molar refractivity (Wildman–Crippen MR) is 171 cm³/mol. The Hall–Kier alpha value is -3.10. The largest absolute Gasteiger partial charge is 0.466 e. The number of esters is 1. The molecule has 1 aromatic rings. The first kappa shape index (κ1) is 37.9. The molecule has 43 heavy (non-hydrogen) atoms. The van der Waals surface area contributed by atoms with E-state index < -0.39 is 29.7 Å². The van der Waals surface area contributed by atoms with Crippen molar-refractivity contribution in [1.82, 2.24) is 15.5 Å². The Kier molecular flexibility index (Phi) is 17.0. The van der Waals surface area contributed by atoms with Crippen LogP contribution in [-0.4, -0.2) is 60.1 Å². The van der Waals surface area contributed by atoms with E-state index >= 15 is 0 Å². The average molecular weight is 604 g/mol. The zero-order valence-electron chi connectivity index (χ0n) is 28.1. The number of carbonyl (C=O) groups is 4. The third-order valence-electron chi connectivity index (χ3n) is 7.62. The molecule has 0 saturated heterocycles. The fourth-order valence-electron chi connectivity index (χ4n) is 4.86. The number of unbranched alkanes of at least 4 members (excludes halogenated alkanes) is 5. The van der Waals surface area contributed by atoms with Crippen LogP contribution in [0.3, 0.4) is 0 Å². The van der Waals surface area contributed by atoms with Crippen LogP contribution in [0.15, 0.2) is 18.2 Å². The predicted octanol–water partition coefficient (Wildman–Crippen LogP) is 6.54. The summed E-state index contributed by atoms with van der Waals surface area (Å²) in [6.45, 7) is 17.7. The van der Waals surface area contributed by atoms with Gasteiger partial charge in [-0.1, -0.05) is 77.5 Å². The van der Waals surface area contributed by atoms with Crippen LogP contribution in [0, 0.1) is 19.8 Å². The first-order valence-electron chi connectivity index (χ1n) is 16.1. The van der Waals surface area contributed by atoms with Gasteiger partial charge in [-0.2, -0.15) is 0 Å². The Morgan fingerprint density at radius 3 is 2.21 bits per heavy atom. The normalized spacial score (nSPS) is 13.4. The van der Waals surface area contributed by atoms with Crippen LogP contribution in [0.25, 0.3) is 0 Å². The molecule has 9 nitrogen and oxygen atoms in total. The molecular weight excluding hydrogens is 546 g/mol. The van der Waals surface area contributed by atoms with Crippen LogP contribution in [0.2, 0.25) is 0 Å². The Morgan fingerprint density at radius 1 is 0.953 bits per heavy atom. The van der Waals surface area contributed by atoms with Gasteiger partial charge in [0.25, 0.3) is 0 Å². The van der Waals surface area contributed by atoms with Crippen molar-refractivity contribution in [2.75, 3.05) is 19.7 Å². The highest BCUT2D eigenvalue weighted by molar-refractivity contribution is 5.92. The summed E-state index contributed by atoms with van der Waals surface area (Å²) in [5.74, 6) is -1.32. The van der Waals surface area contributed by atoms with Gasteiger partial charge in [0.15, 0.2) is 0 Å². The van der Waals surface area contributed by atoms with E-state index in [1.54, 1.807) is 32.6 Å². The molecule has 0 saturated carbocycles. The Labute approximate surface area is 259 Å². The minimum Gasteiger partial charge on any atom is -0.466 e. The summed E-state index contributed by atoms with van der Waals surface area (Å²) in [6, 6.07) is 3.89. The molecule has 0 radical (unpaired) electrons. The average Bonchev–Trinajstić information content (AvgIpc) is 2.93. The highest BCUT2D eigenvalue weighted by Crippen LogP contribution is 2.29. The smallest absolute Gasteiger partial charge is 0.408 e. The molecule has 3 atom stereocenters. The zero-order valence-corrected chi connectivity index (χ0v) is 28.1. The standard InChI is InChI=1S/C34H57N3O6/c1-10-13-14-15-16-17-23-37(32(40)29(24(4)11-2)36-33(41)43-34(7,8)9)30(27-20-18-19-25(5)26(27)6)31(39)35-22-21-28(38)42-12-3/h18-20,24,29-30H,10-17,21-23H2,1-9H3,(H,35,39)(H,36,41). The van der Waals surface area contributed by atoms with Crippen molar-refractivity contribution in [3.8, 4) is 0 Å². The van der Waals surface area contributed by atoms with Crippen molar-refractivity contribution >= 4 is 23.9 Å². The number of nitrogens with zero attached hydrogens (tertiary/aromatic N) is 1. The first-order chi connectivity index (χ1) is 20.3. The van der Waals surface area contributed by atoms with Gasteiger partial charge in [0.1, 0.15) is 17.7 Å². The molecule has 3 unspecified atom stereocenters. The summed E-state index contributed by atoms with van der Waals surface area (Å²) in [7, 11) is 0. The third-order valence-corrected chi connectivity index (χ3v) is 7.62. The van der Waals surface area contributed by atoms with Crippen molar-refractivity contribution < 1.29 is 28.7 Å². The summed E-state index contributed by atoms with van der Waals surface area (Å²) in [5.41, 5.74) is 1.90. The highest BCUT2D eigenvalue weighted by atomic mass is 16.6. The molecule has 0 fully saturated rings. The first-order valence-corrected chi connectivity index (χ1v) is 16.1. The lowest BCUT2D eigenvalue weighted by Crippen LogP contribution is -2.55. The summed E-state index contributed by atoms with van der Waals surface area (Å²) >= 11 is 0. The van der Waals surface area contributed by atoms with E-state index in [9.17, 15) is 19.2 Å². The summed E-state index contributed by atoms with van der Waals surface area (Å²) in [5, 5.41) is 5.70. The molecule has 0 aliphatic rings. The van der Waals surface area contributed by atoms with Crippen LogP contribution >= 0.6 is 0 Å². The molecule has 0 aliphatic heterocycles. The van der Waals surface area contributed by atoms with Crippen LogP contribution in [0.1, 0.15) is 123 Å². The lowest BCUT2D eigenvalue weighted by atomic mass is 9.92. The van der Waals surface area contributed by atoms with Crippen molar-refractivity contribution in [3.63, 3.8) is 0 Å². The van der Waals surface area contributed by atoms with Gasteiger partial charge in [0.05, 0.1) is 13.0 Å². The van der Waals surface area contributed by atoms with Crippen molar-refractivity contribution in [2.24, 2.45) is 5.92 Å². The maximum Gasteiger partial charge on any atom is 0.408 e. The SMILES string of the molecule is CCCCCCCCN(C(=O)C(NC(=O)OC(C)(C)C)C(C)CC)C(C(=O)NCCC(=O)OCC)c1cccc(C)c1C.